The number of hydrogen-bond donors (Lipinski definition) is 1. The number of hydrogen-bond acceptors (Lipinski definition) is 4. The Bertz CT molecular complexity index is 513. The minimum absolute atomic E-state index is 0.0247. The average Bonchev–Trinajstić information content (AvgIpc) is 2.28. The van der Waals surface area contributed by atoms with Crippen molar-refractivity contribution in [1.29, 1.82) is 0 Å². The van der Waals surface area contributed by atoms with Crippen LogP contribution in [0.5, 0.6) is 5.75 Å². The summed E-state index contributed by atoms with van der Waals surface area (Å²) in [5.41, 5.74) is 5.90. The van der Waals surface area contributed by atoms with Gasteiger partial charge in [-0.3, -0.25) is 0 Å². The van der Waals surface area contributed by atoms with Crippen LogP contribution >= 0.6 is 0 Å². The summed E-state index contributed by atoms with van der Waals surface area (Å²) in [6, 6.07) is 6.93. The van der Waals surface area contributed by atoms with Crippen LogP contribution in [0.2, 0.25) is 0 Å². The zero-order chi connectivity index (χ0) is 13.2. The van der Waals surface area contributed by atoms with Gasteiger partial charge in [0.2, 0.25) is 0 Å². The molecule has 1 fully saturated rings. The molecule has 1 aromatic carbocycles. The molecule has 0 spiro atoms. The summed E-state index contributed by atoms with van der Waals surface area (Å²) in [5.74, 6) is 0.444. The summed E-state index contributed by atoms with van der Waals surface area (Å²) in [6.45, 7) is 0. The zero-order valence-electron chi connectivity index (χ0n) is 10.5. The van der Waals surface area contributed by atoms with Crippen LogP contribution in [-0.2, 0) is 9.84 Å². The number of sulfone groups is 1. The summed E-state index contributed by atoms with van der Waals surface area (Å²) in [7, 11) is -3.25. The van der Waals surface area contributed by atoms with Crippen molar-refractivity contribution in [2.75, 3.05) is 6.26 Å². The van der Waals surface area contributed by atoms with Crippen molar-refractivity contribution < 1.29 is 13.2 Å². The molecular formula is C13H19NO3S. The lowest BCUT2D eigenvalue weighted by Gasteiger charge is -2.27. The Kier molecular flexibility index (Phi) is 3.92. The lowest BCUT2D eigenvalue weighted by molar-refractivity contribution is 0.141. The Morgan fingerprint density at radius 3 is 2.67 bits per heavy atom. The van der Waals surface area contributed by atoms with Gasteiger partial charge in [0.15, 0.2) is 9.84 Å². The van der Waals surface area contributed by atoms with Crippen molar-refractivity contribution in [3.63, 3.8) is 0 Å². The van der Waals surface area contributed by atoms with E-state index in [-0.39, 0.29) is 17.0 Å². The third kappa shape index (κ3) is 3.23. The van der Waals surface area contributed by atoms with Gasteiger partial charge >= 0.3 is 0 Å². The first kappa shape index (κ1) is 13.4. The lowest BCUT2D eigenvalue weighted by Crippen LogP contribution is -2.33. The van der Waals surface area contributed by atoms with E-state index in [4.69, 9.17) is 10.5 Å². The number of rotatable bonds is 3. The molecule has 0 bridgehead atoms. The van der Waals surface area contributed by atoms with Gasteiger partial charge in [-0.25, -0.2) is 8.42 Å². The second-order valence-electron chi connectivity index (χ2n) is 4.89. The van der Waals surface area contributed by atoms with Crippen molar-refractivity contribution in [2.24, 2.45) is 5.73 Å². The molecule has 0 heterocycles. The van der Waals surface area contributed by atoms with Gasteiger partial charge in [0, 0.05) is 12.3 Å². The summed E-state index contributed by atoms with van der Waals surface area (Å²) in [6.07, 6.45) is 5.00. The van der Waals surface area contributed by atoms with E-state index in [0.717, 1.165) is 25.7 Å². The topological polar surface area (TPSA) is 69.4 Å². The average molecular weight is 269 g/mol. The Labute approximate surface area is 108 Å². The van der Waals surface area contributed by atoms with Crippen molar-refractivity contribution in [2.45, 2.75) is 42.7 Å². The lowest BCUT2D eigenvalue weighted by atomic mass is 9.93. The van der Waals surface area contributed by atoms with Crippen LogP contribution in [0.1, 0.15) is 25.7 Å². The molecule has 1 aliphatic carbocycles. The molecule has 5 heteroatoms. The first-order valence-corrected chi connectivity index (χ1v) is 8.07. The number of nitrogens with two attached hydrogens (primary N) is 1. The van der Waals surface area contributed by atoms with Gasteiger partial charge in [0.05, 0.1) is 0 Å². The Morgan fingerprint density at radius 2 is 2.00 bits per heavy atom. The van der Waals surface area contributed by atoms with E-state index < -0.39 is 9.84 Å². The van der Waals surface area contributed by atoms with Gasteiger partial charge in [0.25, 0.3) is 0 Å². The summed E-state index contributed by atoms with van der Waals surface area (Å²) < 4.78 is 29.1. The molecule has 2 rings (SSSR count). The van der Waals surface area contributed by atoms with Crippen molar-refractivity contribution in [3.8, 4) is 5.75 Å². The van der Waals surface area contributed by atoms with E-state index in [0.29, 0.717) is 5.75 Å². The highest BCUT2D eigenvalue weighted by Gasteiger charge is 2.23. The molecule has 0 amide bonds. The van der Waals surface area contributed by atoms with Crippen LogP contribution in [-0.4, -0.2) is 26.8 Å². The molecule has 2 atom stereocenters. The molecule has 1 aliphatic rings. The van der Waals surface area contributed by atoms with E-state index in [9.17, 15) is 8.42 Å². The van der Waals surface area contributed by atoms with Crippen LogP contribution < -0.4 is 10.5 Å². The number of para-hydroxylation sites is 1. The SMILES string of the molecule is CS(=O)(=O)c1ccccc1OC1CCCC(N)C1. The standard InChI is InChI=1S/C13H19NO3S/c1-18(15,16)13-8-3-2-7-12(13)17-11-6-4-5-10(14)9-11/h2-3,7-8,10-11H,4-6,9,14H2,1H3. The van der Waals surface area contributed by atoms with Crippen LogP contribution in [0.4, 0.5) is 0 Å². The molecular weight excluding hydrogens is 250 g/mol. The van der Waals surface area contributed by atoms with Crippen LogP contribution in [0.25, 0.3) is 0 Å². The second-order valence-corrected chi connectivity index (χ2v) is 6.87. The van der Waals surface area contributed by atoms with Gasteiger partial charge < -0.3 is 10.5 Å². The molecule has 1 saturated carbocycles. The maximum Gasteiger partial charge on any atom is 0.179 e. The van der Waals surface area contributed by atoms with Gasteiger partial charge in [0.1, 0.15) is 16.7 Å². The molecule has 0 aliphatic heterocycles. The summed E-state index contributed by atoms with van der Waals surface area (Å²) >= 11 is 0. The van der Waals surface area contributed by atoms with E-state index in [1.54, 1.807) is 24.3 Å². The zero-order valence-corrected chi connectivity index (χ0v) is 11.3. The highest BCUT2D eigenvalue weighted by atomic mass is 32.2. The largest absolute Gasteiger partial charge is 0.489 e. The Hall–Kier alpha value is -1.07. The third-order valence-electron chi connectivity index (χ3n) is 3.21. The molecule has 100 valence electrons. The highest BCUT2D eigenvalue weighted by Crippen LogP contribution is 2.28. The van der Waals surface area contributed by atoms with E-state index in [1.807, 2.05) is 0 Å². The predicted molar refractivity (Wildman–Crippen MR) is 70.4 cm³/mol. The van der Waals surface area contributed by atoms with Crippen molar-refractivity contribution >= 4 is 9.84 Å². The first-order chi connectivity index (χ1) is 8.47. The van der Waals surface area contributed by atoms with E-state index >= 15 is 0 Å². The molecule has 0 aromatic heterocycles. The quantitative estimate of drug-likeness (QED) is 0.907. The fourth-order valence-electron chi connectivity index (χ4n) is 2.32. The minimum atomic E-state index is -3.25. The Balaban J connectivity index is 2.19. The highest BCUT2D eigenvalue weighted by molar-refractivity contribution is 7.90. The van der Waals surface area contributed by atoms with Gasteiger partial charge in [-0.1, -0.05) is 12.1 Å². The van der Waals surface area contributed by atoms with Crippen LogP contribution in [0.15, 0.2) is 29.2 Å². The molecule has 18 heavy (non-hydrogen) atoms. The molecule has 4 nitrogen and oxygen atoms in total. The van der Waals surface area contributed by atoms with Crippen molar-refractivity contribution in [1.82, 2.24) is 0 Å². The molecule has 0 radical (unpaired) electrons. The van der Waals surface area contributed by atoms with E-state index in [2.05, 4.69) is 0 Å². The van der Waals surface area contributed by atoms with Crippen molar-refractivity contribution in [3.05, 3.63) is 24.3 Å². The van der Waals surface area contributed by atoms with Gasteiger partial charge in [-0.15, -0.1) is 0 Å². The molecule has 2 unspecified atom stereocenters. The first-order valence-electron chi connectivity index (χ1n) is 6.18. The maximum absolute atomic E-state index is 11.7. The predicted octanol–water partition coefficient (Wildman–Crippen LogP) is 1.74. The molecule has 1 aromatic rings. The van der Waals surface area contributed by atoms with Gasteiger partial charge in [-0.2, -0.15) is 0 Å². The number of benzene rings is 1. The fraction of sp³-hybridized carbons (Fsp3) is 0.538. The maximum atomic E-state index is 11.7. The fourth-order valence-corrected chi connectivity index (χ4v) is 3.13. The summed E-state index contributed by atoms with van der Waals surface area (Å²) in [4.78, 5) is 0.254. The normalized spacial score (nSPS) is 24.8. The monoisotopic (exact) mass is 269 g/mol. The van der Waals surface area contributed by atoms with E-state index in [1.165, 1.54) is 6.26 Å². The molecule has 2 N–H and O–H groups in total. The van der Waals surface area contributed by atoms with Crippen LogP contribution in [0, 0.1) is 0 Å². The third-order valence-corrected chi connectivity index (χ3v) is 4.35. The minimum Gasteiger partial charge on any atom is -0.489 e. The second kappa shape index (κ2) is 5.28. The summed E-state index contributed by atoms with van der Waals surface area (Å²) in [5, 5.41) is 0. The van der Waals surface area contributed by atoms with Crippen LogP contribution in [0.3, 0.4) is 0 Å². The smallest absolute Gasteiger partial charge is 0.179 e. The number of ether oxygens (including phenoxy) is 1. The Morgan fingerprint density at radius 1 is 1.28 bits per heavy atom. The molecule has 0 saturated heterocycles. The van der Waals surface area contributed by atoms with Gasteiger partial charge in [-0.05, 0) is 37.8 Å².